The van der Waals surface area contributed by atoms with Gasteiger partial charge in [0.05, 0.1) is 0 Å². The van der Waals surface area contributed by atoms with Crippen LogP contribution >= 0.6 is 11.6 Å². The van der Waals surface area contributed by atoms with Gasteiger partial charge in [-0.1, -0.05) is 42.6 Å². The van der Waals surface area contributed by atoms with E-state index in [0.29, 0.717) is 18.1 Å². The Labute approximate surface area is 198 Å². The quantitative estimate of drug-likeness (QED) is 0.627. The highest BCUT2D eigenvalue weighted by Gasteiger charge is 2.40. The molecule has 32 heavy (non-hydrogen) atoms. The Morgan fingerprint density at radius 2 is 1.69 bits per heavy atom. The number of pyridine rings is 1. The monoisotopic (exact) mass is 452 g/mol. The van der Waals surface area contributed by atoms with Crippen LogP contribution < -0.4 is 4.90 Å². The molecule has 2 aromatic rings. The van der Waals surface area contributed by atoms with Crippen LogP contribution in [-0.4, -0.2) is 66.1 Å². The molecule has 1 unspecified atom stereocenters. The Morgan fingerprint density at radius 1 is 0.938 bits per heavy atom. The van der Waals surface area contributed by atoms with Crippen molar-refractivity contribution in [3.63, 3.8) is 0 Å². The van der Waals surface area contributed by atoms with Gasteiger partial charge in [0, 0.05) is 55.5 Å². The molecule has 2 saturated heterocycles. The first-order valence-corrected chi connectivity index (χ1v) is 12.9. The molecule has 0 spiro atoms. The van der Waals surface area contributed by atoms with Crippen LogP contribution in [0.25, 0.3) is 0 Å². The Bertz CT molecular complexity index is 844. The van der Waals surface area contributed by atoms with Crippen molar-refractivity contribution in [2.75, 3.05) is 38.1 Å². The zero-order valence-electron chi connectivity index (χ0n) is 19.4. The largest absolute Gasteiger partial charge is 0.357 e. The second-order valence-electron chi connectivity index (χ2n) is 10.1. The van der Waals surface area contributed by atoms with Crippen molar-refractivity contribution in [2.45, 2.75) is 63.1 Å². The molecule has 3 heterocycles. The highest BCUT2D eigenvalue weighted by molar-refractivity contribution is 6.30. The van der Waals surface area contributed by atoms with Crippen LogP contribution in [0.15, 0.2) is 48.7 Å². The second-order valence-corrected chi connectivity index (χ2v) is 10.6. The molecule has 3 aliphatic rings. The summed E-state index contributed by atoms with van der Waals surface area (Å²) < 4.78 is 0. The van der Waals surface area contributed by atoms with E-state index in [0.717, 1.165) is 36.3 Å². The fraction of sp³-hybridized carbons (Fsp3) is 0.593. The lowest BCUT2D eigenvalue weighted by Gasteiger charge is -2.51. The Balaban J connectivity index is 1.31. The maximum Gasteiger partial charge on any atom is 0.128 e. The zero-order chi connectivity index (χ0) is 21.9. The summed E-state index contributed by atoms with van der Waals surface area (Å²) in [4.78, 5) is 12.7. The van der Waals surface area contributed by atoms with Gasteiger partial charge in [0.25, 0.3) is 0 Å². The van der Waals surface area contributed by atoms with E-state index in [9.17, 15) is 0 Å². The number of aromatic nitrogens is 1. The summed E-state index contributed by atoms with van der Waals surface area (Å²) >= 11 is 6.16. The predicted molar refractivity (Wildman–Crippen MR) is 133 cm³/mol. The van der Waals surface area contributed by atoms with Crippen LogP contribution in [0.5, 0.6) is 0 Å². The summed E-state index contributed by atoms with van der Waals surface area (Å²) in [6, 6.07) is 16.7. The number of piperidine rings is 1. The van der Waals surface area contributed by atoms with E-state index in [4.69, 9.17) is 11.6 Å². The molecular weight excluding hydrogens is 416 g/mol. The number of anilines is 1. The number of halogens is 1. The molecule has 4 nitrogen and oxygen atoms in total. The molecule has 1 aliphatic carbocycles. The molecule has 0 N–H and O–H groups in total. The van der Waals surface area contributed by atoms with Crippen LogP contribution in [0.4, 0.5) is 5.82 Å². The SMILES string of the molecule is CN1C[C@H](Cc2ccc(Cl)cc2)N(C2CCN(c3ccccn3)CC2)CC1C1CCCC1. The first kappa shape index (κ1) is 22.2. The van der Waals surface area contributed by atoms with Gasteiger partial charge in [0.1, 0.15) is 5.82 Å². The molecule has 172 valence electrons. The average Bonchev–Trinajstić information content (AvgIpc) is 3.36. The van der Waals surface area contributed by atoms with E-state index in [1.54, 1.807) is 0 Å². The molecule has 3 fully saturated rings. The molecule has 2 aliphatic heterocycles. The summed E-state index contributed by atoms with van der Waals surface area (Å²) in [5.41, 5.74) is 1.41. The predicted octanol–water partition coefficient (Wildman–Crippen LogP) is 5.12. The van der Waals surface area contributed by atoms with E-state index in [2.05, 4.69) is 51.0 Å². The van der Waals surface area contributed by atoms with E-state index in [1.165, 1.54) is 57.2 Å². The van der Waals surface area contributed by atoms with Gasteiger partial charge >= 0.3 is 0 Å². The van der Waals surface area contributed by atoms with Crippen molar-refractivity contribution < 1.29 is 0 Å². The number of rotatable bonds is 5. The minimum absolute atomic E-state index is 0.574. The number of nitrogens with zero attached hydrogens (tertiary/aromatic N) is 4. The van der Waals surface area contributed by atoms with Gasteiger partial charge in [-0.25, -0.2) is 4.98 Å². The molecule has 0 radical (unpaired) electrons. The first-order chi connectivity index (χ1) is 15.7. The molecule has 1 aromatic heterocycles. The van der Waals surface area contributed by atoms with Crippen molar-refractivity contribution in [1.29, 1.82) is 0 Å². The Hall–Kier alpha value is -1.62. The molecule has 1 saturated carbocycles. The number of likely N-dealkylation sites (N-methyl/N-ethyl adjacent to an activating group) is 1. The fourth-order valence-corrected chi connectivity index (χ4v) is 6.54. The molecule has 0 amide bonds. The van der Waals surface area contributed by atoms with Gasteiger partial charge in [0.2, 0.25) is 0 Å². The van der Waals surface area contributed by atoms with E-state index >= 15 is 0 Å². The standard InChI is InChI=1S/C27H37ClN4/c1-30-19-25(18-21-9-11-23(28)12-10-21)32(20-26(30)22-6-2-3-7-22)24-13-16-31(17-14-24)27-8-4-5-15-29-27/h4-5,8-12,15,22,24-26H,2-3,6-7,13-14,16-20H2,1H3/t25-,26?/m0/s1. The van der Waals surface area contributed by atoms with Crippen LogP contribution in [0, 0.1) is 5.92 Å². The van der Waals surface area contributed by atoms with Crippen molar-refractivity contribution in [3.05, 3.63) is 59.2 Å². The van der Waals surface area contributed by atoms with Gasteiger partial charge < -0.3 is 9.80 Å². The maximum atomic E-state index is 6.16. The third kappa shape index (κ3) is 4.98. The number of hydrogen-bond acceptors (Lipinski definition) is 4. The van der Waals surface area contributed by atoms with Crippen LogP contribution in [0.3, 0.4) is 0 Å². The maximum absolute atomic E-state index is 6.16. The average molecular weight is 453 g/mol. The molecule has 0 bridgehead atoms. The molecule has 2 atom stereocenters. The number of benzene rings is 1. The van der Waals surface area contributed by atoms with Gasteiger partial charge in [0.15, 0.2) is 0 Å². The molecule has 1 aromatic carbocycles. The third-order valence-corrected chi connectivity index (χ3v) is 8.42. The van der Waals surface area contributed by atoms with E-state index in [1.807, 2.05) is 24.4 Å². The van der Waals surface area contributed by atoms with Gasteiger partial charge in [-0.2, -0.15) is 0 Å². The number of piperazine rings is 1. The van der Waals surface area contributed by atoms with Crippen molar-refractivity contribution >= 4 is 17.4 Å². The van der Waals surface area contributed by atoms with Crippen LogP contribution in [0.1, 0.15) is 44.1 Å². The second kappa shape index (κ2) is 10.1. The van der Waals surface area contributed by atoms with Gasteiger partial charge in [-0.3, -0.25) is 4.90 Å². The molecular formula is C27H37ClN4. The minimum atomic E-state index is 0.574. The van der Waals surface area contributed by atoms with E-state index in [-0.39, 0.29) is 0 Å². The fourth-order valence-electron chi connectivity index (χ4n) is 6.42. The minimum Gasteiger partial charge on any atom is -0.357 e. The van der Waals surface area contributed by atoms with Gasteiger partial charge in [-0.05, 0) is 74.9 Å². The van der Waals surface area contributed by atoms with Crippen molar-refractivity contribution in [2.24, 2.45) is 5.92 Å². The van der Waals surface area contributed by atoms with Crippen LogP contribution in [-0.2, 0) is 6.42 Å². The summed E-state index contributed by atoms with van der Waals surface area (Å²) in [7, 11) is 2.37. The zero-order valence-corrected chi connectivity index (χ0v) is 20.1. The summed E-state index contributed by atoms with van der Waals surface area (Å²) in [6.07, 6.45) is 11.2. The summed E-state index contributed by atoms with van der Waals surface area (Å²) in [6.45, 7) is 4.61. The topological polar surface area (TPSA) is 22.6 Å². The van der Waals surface area contributed by atoms with Crippen molar-refractivity contribution in [3.8, 4) is 0 Å². The van der Waals surface area contributed by atoms with Gasteiger partial charge in [-0.15, -0.1) is 0 Å². The smallest absolute Gasteiger partial charge is 0.128 e. The van der Waals surface area contributed by atoms with Crippen LogP contribution in [0.2, 0.25) is 5.02 Å². The molecule has 5 rings (SSSR count). The lowest BCUT2D eigenvalue weighted by atomic mass is 9.88. The lowest BCUT2D eigenvalue weighted by Crippen LogP contribution is -2.63. The van der Waals surface area contributed by atoms with Crippen molar-refractivity contribution in [1.82, 2.24) is 14.8 Å². The summed E-state index contributed by atoms with van der Waals surface area (Å²) in [5, 5.41) is 0.828. The summed E-state index contributed by atoms with van der Waals surface area (Å²) in [5.74, 6) is 2.01. The Morgan fingerprint density at radius 3 is 2.38 bits per heavy atom. The normalized spacial score (nSPS) is 26.6. The number of hydrogen-bond donors (Lipinski definition) is 0. The highest BCUT2D eigenvalue weighted by atomic mass is 35.5. The highest BCUT2D eigenvalue weighted by Crippen LogP contribution is 2.35. The molecule has 5 heteroatoms. The van der Waals surface area contributed by atoms with E-state index < -0.39 is 0 Å². The third-order valence-electron chi connectivity index (χ3n) is 8.17. The lowest BCUT2D eigenvalue weighted by molar-refractivity contribution is -0.0115. The Kier molecular flexibility index (Phi) is 7.01. The first-order valence-electron chi connectivity index (χ1n) is 12.5.